The predicted molar refractivity (Wildman–Crippen MR) is 44.3 cm³/mol. The second kappa shape index (κ2) is 3.66. The Balaban J connectivity index is 2.04. The van der Waals surface area contributed by atoms with Gasteiger partial charge in [-0.05, 0) is 12.8 Å². The van der Waals surface area contributed by atoms with Crippen LogP contribution < -0.4 is 0 Å². The number of aromatic amines is 1. The van der Waals surface area contributed by atoms with Crippen molar-refractivity contribution in [2.24, 2.45) is 5.92 Å². The van der Waals surface area contributed by atoms with Gasteiger partial charge in [-0.3, -0.25) is 4.79 Å². The molecule has 1 aromatic rings. The van der Waals surface area contributed by atoms with E-state index in [1.165, 1.54) is 6.20 Å². The fourth-order valence-corrected chi connectivity index (χ4v) is 1.49. The number of H-pyrrole nitrogens is 1. The number of carbonyl (C=O) groups is 1. The van der Waals surface area contributed by atoms with Crippen LogP contribution in [0.25, 0.3) is 0 Å². The van der Waals surface area contributed by atoms with E-state index >= 15 is 0 Å². The topological polar surface area (TPSA) is 67.9 Å². The molecular formula is C8H11N3O2. The minimum absolute atomic E-state index is 0.0684. The first kappa shape index (κ1) is 8.37. The maximum absolute atomic E-state index is 11.7. The first-order valence-electron chi connectivity index (χ1n) is 4.35. The average molecular weight is 181 g/mol. The van der Waals surface area contributed by atoms with E-state index in [0.717, 1.165) is 12.8 Å². The number of rotatable bonds is 2. The lowest BCUT2D eigenvalue weighted by molar-refractivity contribution is 0.0541. The summed E-state index contributed by atoms with van der Waals surface area (Å²) < 4.78 is 5.17. The van der Waals surface area contributed by atoms with Crippen LogP contribution in [-0.4, -0.2) is 34.4 Å². The Labute approximate surface area is 75.5 Å². The van der Waals surface area contributed by atoms with Crippen LogP contribution in [0.2, 0.25) is 0 Å². The predicted octanol–water partition coefficient (Wildman–Crippen LogP) is 0.414. The molecule has 0 aromatic carbocycles. The third-order valence-corrected chi connectivity index (χ3v) is 2.26. The summed E-state index contributed by atoms with van der Waals surface area (Å²) in [5.41, 5.74) is 0.437. The molecule has 1 aromatic heterocycles. The molecular weight excluding hydrogens is 170 g/mol. The van der Waals surface area contributed by atoms with Crippen LogP contribution >= 0.6 is 0 Å². The van der Waals surface area contributed by atoms with Crippen LogP contribution in [0.3, 0.4) is 0 Å². The second-order valence-electron chi connectivity index (χ2n) is 3.11. The molecule has 0 amide bonds. The molecule has 5 heteroatoms. The number of ketones is 1. The first-order valence-corrected chi connectivity index (χ1v) is 4.35. The summed E-state index contributed by atoms with van der Waals surface area (Å²) in [4.78, 5) is 11.7. The molecule has 0 spiro atoms. The van der Waals surface area contributed by atoms with Crippen molar-refractivity contribution >= 4 is 5.78 Å². The normalized spacial score (nSPS) is 18.8. The average Bonchev–Trinajstić information content (AvgIpc) is 2.71. The number of Topliss-reactive ketones (excluding diaryl/α,β-unsaturated/α-hetero) is 1. The Hall–Kier alpha value is -1.23. The van der Waals surface area contributed by atoms with Crippen LogP contribution in [0.1, 0.15) is 23.3 Å². The smallest absolute Gasteiger partial charge is 0.187 e. The molecule has 1 aliphatic heterocycles. The zero-order valence-corrected chi connectivity index (χ0v) is 7.19. The molecule has 13 heavy (non-hydrogen) atoms. The van der Waals surface area contributed by atoms with Gasteiger partial charge in [0.1, 0.15) is 5.69 Å². The van der Waals surface area contributed by atoms with Gasteiger partial charge in [0.15, 0.2) is 5.78 Å². The lowest BCUT2D eigenvalue weighted by Gasteiger charge is -2.19. The summed E-state index contributed by atoms with van der Waals surface area (Å²) in [6.07, 6.45) is 3.06. The van der Waals surface area contributed by atoms with Crippen molar-refractivity contribution in [3.05, 3.63) is 11.9 Å². The van der Waals surface area contributed by atoms with Crippen LogP contribution in [0.15, 0.2) is 6.20 Å². The zero-order valence-electron chi connectivity index (χ0n) is 7.19. The maximum atomic E-state index is 11.7. The highest BCUT2D eigenvalue weighted by Crippen LogP contribution is 2.18. The van der Waals surface area contributed by atoms with Crippen LogP contribution in [-0.2, 0) is 4.74 Å². The van der Waals surface area contributed by atoms with Gasteiger partial charge in [0.05, 0.1) is 6.20 Å². The van der Waals surface area contributed by atoms with Gasteiger partial charge in [-0.2, -0.15) is 15.4 Å². The Morgan fingerprint density at radius 1 is 1.54 bits per heavy atom. The number of nitrogens with one attached hydrogen (secondary N) is 1. The van der Waals surface area contributed by atoms with Crippen molar-refractivity contribution in [3.63, 3.8) is 0 Å². The molecule has 5 nitrogen and oxygen atoms in total. The first-order chi connectivity index (χ1) is 6.38. The number of aromatic nitrogens is 3. The molecule has 2 rings (SSSR count). The van der Waals surface area contributed by atoms with Gasteiger partial charge in [-0.25, -0.2) is 0 Å². The quantitative estimate of drug-likeness (QED) is 0.671. The molecule has 70 valence electrons. The molecule has 0 bridgehead atoms. The van der Waals surface area contributed by atoms with Crippen molar-refractivity contribution in [3.8, 4) is 0 Å². The Morgan fingerprint density at radius 3 is 2.92 bits per heavy atom. The molecule has 1 fully saturated rings. The summed E-state index contributed by atoms with van der Waals surface area (Å²) >= 11 is 0. The van der Waals surface area contributed by atoms with Crippen molar-refractivity contribution in [1.82, 2.24) is 15.4 Å². The van der Waals surface area contributed by atoms with Crippen LogP contribution in [0.5, 0.6) is 0 Å². The number of carbonyl (C=O) groups excluding carboxylic acids is 1. The third kappa shape index (κ3) is 1.75. The number of ether oxygens (including phenoxy) is 1. The lowest BCUT2D eigenvalue weighted by atomic mass is 9.94. The van der Waals surface area contributed by atoms with Gasteiger partial charge < -0.3 is 4.74 Å². The fourth-order valence-electron chi connectivity index (χ4n) is 1.49. The zero-order chi connectivity index (χ0) is 9.10. The van der Waals surface area contributed by atoms with Gasteiger partial charge in [0.25, 0.3) is 0 Å². The monoisotopic (exact) mass is 181 g/mol. The molecule has 1 saturated heterocycles. The minimum Gasteiger partial charge on any atom is -0.381 e. The maximum Gasteiger partial charge on any atom is 0.187 e. The van der Waals surface area contributed by atoms with Crippen LogP contribution in [0.4, 0.5) is 0 Å². The van der Waals surface area contributed by atoms with Crippen LogP contribution in [0, 0.1) is 5.92 Å². The second-order valence-corrected chi connectivity index (χ2v) is 3.11. The molecule has 0 atom stereocenters. The van der Waals surface area contributed by atoms with E-state index in [1.807, 2.05) is 0 Å². The summed E-state index contributed by atoms with van der Waals surface area (Å²) in [5.74, 6) is 0.149. The van der Waals surface area contributed by atoms with Gasteiger partial charge in [0, 0.05) is 19.1 Å². The largest absolute Gasteiger partial charge is 0.381 e. The molecule has 1 aliphatic rings. The van der Waals surface area contributed by atoms with Crippen molar-refractivity contribution in [2.75, 3.05) is 13.2 Å². The number of hydrogen-bond acceptors (Lipinski definition) is 4. The van der Waals surface area contributed by atoms with E-state index in [4.69, 9.17) is 4.74 Å². The molecule has 0 aliphatic carbocycles. The Morgan fingerprint density at radius 2 is 2.31 bits per heavy atom. The standard InChI is InChI=1S/C8H11N3O2/c12-8(7-5-9-11-10-7)6-1-3-13-4-2-6/h5-6H,1-4H2,(H,9,10,11). The Bertz CT molecular complexity index is 278. The van der Waals surface area contributed by atoms with E-state index in [2.05, 4.69) is 15.4 Å². The minimum atomic E-state index is 0.0684. The highest BCUT2D eigenvalue weighted by molar-refractivity contribution is 5.95. The summed E-state index contributed by atoms with van der Waals surface area (Å²) in [7, 11) is 0. The molecule has 0 unspecified atom stereocenters. The fraction of sp³-hybridized carbons (Fsp3) is 0.625. The molecule has 0 saturated carbocycles. The van der Waals surface area contributed by atoms with E-state index in [-0.39, 0.29) is 11.7 Å². The SMILES string of the molecule is O=C(c1cn[nH]n1)C1CCOCC1. The molecule has 1 N–H and O–H groups in total. The summed E-state index contributed by atoms with van der Waals surface area (Å²) in [6.45, 7) is 1.35. The number of nitrogens with zero attached hydrogens (tertiary/aromatic N) is 2. The lowest BCUT2D eigenvalue weighted by Crippen LogP contribution is -2.23. The van der Waals surface area contributed by atoms with E-state index < -0.39 is 0 Å². The highest BCUT2D eigenvalue weighted by atomic mass is 16.5. The van der Waals surface area contributed by atoms with E-state index in [9.17, 15) is 4.79 Å². The van der Waals surface area contributed by atoms with Gasteiger partial charge in [-0.15, -0.1) is 0 Å². The van der Waals surface area contributed by atoms with Crippen molar-refractivity contribution in [2.45, 2.75) is 12.8 Å². The summed E-state index contributed by atoms with van der Waals surface area (Å²) in [6, 6.07) is 0. The van der Waals surface area contributed by atoms with E-state index in [1.54, 1.807) is 0 Å². The number of hydrogen-bond donors (Lipinski definition) is 1. The van der Waals surface area contributed by atoms with Crippen molar-refractivity contribution < 1.29 is 9.53 Å². The van der Waals surface area contributed by atoms with E-state index in [0.29, 0.717) is 18.9 Å². The van der Waals surface area contributed by atoms with Gasteiger partial charge in [-0.1, -0.05) is 0 Å². The van der Waals surface area contributed by atoms with Crippen molar-refractivity contribution in [1.29, 1.82) is 0 Å². The van der Waals surface area contributed by atoms with Gasteiger partial charge in [0.2, 0.25) is 0 Å². The highest BCUT2D eigenvalue weighted by Gasteiger charge is 2.24. The third-order valence-electron chi connectivity index (χ3n) is 2.26. The Kier molecular flexibility index (Phi) is 2.35. The molecule has 2 heterocycles. The summed E-state index contributed by atoms with van der Waals surface area (Å²) in [5, 5.41) is 9.81. The van der Waals surface area contributed by atoms with Gasteiger partial charge >= 0.3 is 0 Å². The molecule has 0 radical (unpaired) electrons.